The third-order valence-electron chi connectivity index (χ3n) is 13.6. The van der Waals surface area contributed by atoms with Crippen LogP contribution in [0.2, 0.25) is 0 Å². The molecule has 0 radical (unpaired) electrons. The highest BCUT2D eigenvalue weighted by Gasteiger charge is 2.35. The monoisotopic (exact) mass is 947 g/mol. The Hall–Kier alpha value is -10.6. The predicted octanol–water partition coefficient (Wildman–Crippen LogP) is 16.8. The third-order valence-corrected chi connectivity index (χ3v) is 13.6. The molecule has 2 aliphatic rings. The summed E-state index contributed by atoms with van der Waals surface area (Å²) in [6.07, 6.45) is 0. The van der Waals surface area contributed by atoms with Crippen molar-refractivity contribution in [3.05, 3.63) is 260 Å². The summed E-state index contributed by atoms with van der Waals surface area (Å²) >= 11 is 0. The molecule has 3 heterocycles. The number of nitrogens with zero attached hydrogens (tertiary/aromatic N) is 9. The van der Waals surface area contributed by atoms with Crippen molar-refractivity contribution in [2.45, 2.75) is 0 Å². The first kappa shape index (κ1) is 43.4. The molecule has 346 valence electrons. The van der Waals surface area contributed by atoms with Crippen molar-refractivity contribution in [1.82, 2.24) is 15.0 Å². The van der Waals surface area contributed by atoms with Crippen molar-refractivity contribution < 1.29 is 0 Å². The lowest BCUT2D eigenvalue weighted by atomic mass is 9.96. The minimum atomic E-state index is 0.424. The summed E-state index contributed by atoms with van der Waals surface area (Å²) < 4.78 is 0. The molecule has 0 saturated carbocycles. The van der Waals surface area contributed by atoms with E-state index in [4.69, 9.17) is 15.0 Å². The molecule has 10 aromatic carbocycles. The molecule has 1 aromatic heterocycles. The van der Waals surface area contributed by atoms with Crippen LogP contribution in [0.1, 0.15) is 11.1 Å². The largest absolute Gasteiger partial charge is 0.306 e. The van der Waals surface area contributed by atoms with Crippen LogP contribution >= 0.6 is 0 Å². The fourth-order valence-electron chi connectivity index (χ4n) is 10.3. The summed E-state index contributed by atoms with van der Waals surface area (Å²) in [4.78, 5) is 25.3. The molecule has 0 spiro atoms. The smallest absolute Gasteiger partial charge is 0.166 e. The summed E-state index contributed by atoms with van der Waals surface area (Å²) in [5, 5.41) is 21.0. The summed E-state index contributed by atoms with van der Waals surface area (Å²) in [5.74, 6) is 1.35. The number of fused-ring (bicyclic) bond motifs is 4. The molecule has 0 N–H and O–H groups in total. The Morgan fingerprint density at radius 2 is 0.649 bits per heavy atom. The minimum Gasteiger partial charge on any atom is -0.306 e. The van der Waals surface area contributed by atoms with Gasteiger partial charge in [0.1, 0.15) is 0 Å². The molecule has 0 saturated heterocycles. The maximum Gasteiger partial charge on any atom is 0.166 e. The van der Waals surface area contributed by atoms with Gasteiger partial charge in [0.15, 0.2) is 17.5 Å². The fraction of sp³-hybridized carbons (Fsp3) is 0. The van der Waals surface area contributed by atoms with Crippen LogP contribution in [0.25, 0.3) is 45.3 Å². The van der Waals surface area contributed by atoms with Crippen molar-refractivity contribution in [2.24, 2.45) is 0 Å². The molecule has 0 fully saturated rings. The number of benzene rings is 10. The molecular weight excluding hydrogens is 907 g/mol. The average molecular weight is 948 g/mol. The lowest BCUT2D eigenvalue weighted by Crippen LogP contribution is -2.24. The molecule has 0 atom stereocenters. The van der Waals surface area contributed by atoms with Crippen molar-refractivity contribution in [3.8, 4) is 57.4 Å². The summed E-state index contributed by atoms with van der Waals surface area (Å²) in [6, 6.07) is 88.8. The maximum atomic E-state index is 10.6. The Balaban J connectivity index is 1.07. The molecule has 13 rings (SSSR count). The van der Waals surface area contributed by atoms with E-state index in [1.54, 1.807) is 0 Å². The molecule has 9 heteroatoms. The summed E-state index contributed by atoms with van der Waals surface area (Å²) in [7, 11) is 0. The maximum absolute atomic E-state index is 10.6. The highest BCUT2D eigenvalue weighted by Crippen LogP contribution is 2.57. The van der Waals surface area contributed by atoms with Gasteiger partial charge in [-0.25, -0.2) is 15.0 Å². The highest BCUT2D eigenvalue weighted by atomic mass is 15.3. The zero-order chi connectivity index (χ0) is 49.5. The Morgan fingerprint density at radius 3 is 1.11 bits per heavy atom. The van der Waals surface area contributed by atoms with Crippen molar-refractivity contribution in [3.63, 3.8) is 0 Å². The van der Waals surface area contributed by atoms with Crippen molar-refractivity contribution in [2.75, 3.05) is 19.6 Å². The van der Waals surface area contributed by atoms with Crippen LogP contribution in [-0.4, -0.2) is 15.0 Å². The van der Waals surface area contributed by atoms with Crippen LogP contribution in [0.5, 0.6) is 0 Å². The first-order valence-corrected chi connectivity index (χ1v) is 24.3. The van der Waals surface area contributed by atoms with E-state index in [9.17, 15) is 10.5 Å². The van der Waals surface area contributed by atoms with Crippen LogP contribution in [0.15, 0.2) is 249 Å². The van der Waals surface area contributed by atoms with Gasteiger partial charge >= 0.3 is 0 Å². The van der Waals surface area contributed by atoms with Crippen molar-refractivity contribution >= 4 is 68.2 Å². The number of nitriles is 2. The molecule has 0 unspecified atom stereocenters. The summed E-state index contributed by atoms with van der Waals surface area (Å²) in [5.41, 5.74) is 16.2. The van der Waals surface area contributed by atoms with E-state index in [-0.39, 0.29) is 0 Å². The van der Waals surface area contributed by atoms with Gasteiger partial charge in [0.25, 0.3) is 0 Å². The van der Waals surface area contributed by atoms with Crippen LogP contribution in [0.3, 0.4) is 0 Å². The topological polar surface area (TPSA) is 99.2 Å². The average Bonchev–Trinajstić information content (AvgIpc) is 3.52. The van der Waals surface area contributed by atoms with Gasteiger partial charge in [0.2, 0.25) is 0 Å². The van der Waals surface area contributed by atoms with E-state index in [1.807, 2.05) is 103 Å². The van der Waals surface area contributed by atoms with Gasteiger partial charge in [-0.05, 0) is 120 Å². The van der Waals surface area contributed by atoms with Crippen LogP contribution in [0.4, 0.5) is 68.2 Å². The van der Waals surface area contributed by atoms with Crippen molar-refractivity contribution in [1.29, 1.82) is 10.5 Å². The predicted molar refractivity (Wildman–Crippen MR) is 297 cm³/mol. The van der Waals surface area contributed by atoms with Gasteiger partial charge < -0.3 is 19.6 Å². The first-order chi connectivity index (χ1) is 36.6. The second-order valence-corrected chi connectivity index (χ2v) is 17.9. The Bertz CT molecular complexity index is 3940. The lowest BCUT2D eigenvalue weighted by Gasteiger charge is -2.41. The zero-order valence-corrected chi connectivity index (χ0v) is 39.7. The van der Waals surface area contributed by atoms with Gasteiger partial charge in [0.05, 0.1) is 80.1 Å². The molecule has 74 heavy (non-hydrogen) atoms. The molecule has 2 aliphatic heterocycles. The van der Waals surface area contributed by atoms with Gasteiger partial charge in [-0.15, -0.1) is 0 Å². The SMILES string of the molecule is N#Cc1ccc(-c2nc(-c3ccccc3)nc(-c3ccc(-c4ccccc4C#N)cc3N3c4ccccc4N(c4ccccc4)c4ccccc43)n2)c(N2c3ccccc3N(c3ccccc3)c3ccccc32)c1. The lowest BCUT2D eigenvalue weighted by molar-refractivity contribution is 1.07. The van der Waals surface area contributed by atoms with E-state index in [0.29, 0.717) is 34.2 Å². The minimum absolute atomic E-state index is 0.424. The molecule has 0 amide bonds. The normalized spacial score (nSPS) is 12.2. The van der Waals surface area contributed by atoms with E-state index >= 15 is 0 Å². The third kappa shape index (κ3) is 7.36. The van der Waals surface area contributed by atoms with E-state index < -0.39 is 0 Å². The molecule has 0 bridgehead atoms. The van der Waals surface area contributed by atoms with E-state index in [2.05, 4.69) is 177 Å². The number of rotatable bonds is 8. The van der Waals surface area contributed by atoms with Crippen LogP contribution in [-0.2, 0) is 0 Å². The standard InChI is InChI=1S/C65H41N9/c66-42-44-36-38-51(61(40-44)73-57-32-16-12-28-53(57)71(48-23-6-2-7-24-48)54-29-13-17-33-58(54)73)64-68-63(45-20-4-1-5-21-45)69-65(70-64)52-39-37-46(50-27-11-10-22-47(50)43-67)41-62(52)74-59-34-18-14-30-55(59)72(49-25-8-3-9-26-49)56-31-15-19-35-60(56)74/h1-41H. The van der Waals surface area contributed by atoms with Crippen LogP contribution < -0.4 is 19.6 Å². The van der Waals surface area contributed by atoms with Gasteiger partial charge in [-0.2, -0.15) is 10.5 Å². The zero-order valence-electron chi connectivity index (χ0n) is 39.7. The van der Waals surface area contributed by atoms with Gasteiger partial charge in [-0.3, -0.25) is 0 Å². The van der Waals surface area contributed by atoms with Gasteiger partial charge in [0, 0.05) is 28.1 Å². The molecule has 0 aliphatic carbocycles. The van der Waals surface area contributed by atoms with E-state index in [0.717, 1.165) is 90.5 Å². The second-order valence-electron chi connectivity index (χ2n) is 17.9. The van der Waals surface area contributed by atoms with E-state index in [1.165, 1.54) is 0 Å². The highest BCUT2D eigenvalue weighted by molar-refractivity contribution is 6.06. The second kappa shape index (κ2) is 18.3. The quantitative estimate of drug-likeness (QED) is 0.147. The first-order valence-electron chi connectivity index (χ1n) is 24.3. The number of hydrogen-bond donors (Lipinski definition) is 0. The molecular formula is C65H41N9. The van der Waals surface area contributed by atoms with Crippen LogP contribution in [0, 0.1) is 22.7 Å². The fourth-order valence-corrected chi connectivity index (χ4v) is 10.3. The number of aromatic nitrogens is 3. The molecule has 11 aromatic rings. The number of anilines is 12. The Morgan fingerprint density at radius 1 is 0.270 bits per heavy atom. The number of para-hydroxylation sites is 10. The summed E-state index contributed by atoms with van der Waals surface area (Å²) in [6.45, 7) is 0. The van der Waals surface area contributed by atoms with Gasteiger partial charge in [-0.1, -0.05) is 140 Å². The number of hydrogen-bond acceptors (Lipinski definition) is 9. The Kier molecular flexibility index (Phi) is 10.7. The molecule has 9 nitrogen and oxygen atoms in total. The Labute approximate surface area is 428 Å².